The first kappa shape index (κ1) is 16.5. The summed E-state index contributed by atoms with van der Waals surface area (Å²) in [5, 5.41) is 1.60. The van der Waals surface area contributed by atoms with Crippen LogP contribution < -0.4 is 15.2 Å². The van der Waals surface area contributed by atoms with Crippen LogP contribution in [0.4, 0.5) is 5.69 Å². The predicted molar refractivity (Wildman–Crippen MR) is 95.8 cm³/mol. The molecule has 0 aromatic heterocycles. The highest BCUT2D eigenvalue weighted by atomic mass is 79.9. The summed E-state index contributed by atoms with van der Waals surface area (Å²) in [5.41, 5.74) is 3.79. The van der Waals surface area contributed by atoms with Crippen molar-refractivity contribution in [2.75, 3.05) is 12.1 Å². The molecule has 0 atom stereocenters. The van der Waals surface area contributed by atoms with Crippen LogP contribution in [-0.2, 0) is 9.59 Å². The number of hydrazine groups is 1. The van der Waals surface area contributed by atoms with Gasteiger partial charge in [0.15, 0.2) is 5.75 Å². The van der Waals surface area contributed by atoms with Gasteiger partial charge in [0, 0.05) is 0 Å². The third kappa shape index (κ3) is 3.02. The minimum absolute atomic E-state index is 0.0342. The maximum Gasteiger partial charge on any atom is 0.282 e. The Balaban J connectivity index is 1.96. The normalized spacial score (nSPS) is 15.8. The predicted octanol–water partition coefficient (Wildman–Crippen LogP) is 3.57. The molecule has 1 N–H and O–H groups in total. The van der Waals surface area contributed by atoms with Crippen LogP contribution in [0.15, 0.2) is 52.5 Å². The summed E-state index contributed by atoms with van der Waals surface area (Å²) in [6, 6.07) is 12.2. The van der Waals surface area contributed by atoms with Crippen LogP contribution in [0, 0.1) is 0 Å². The molecule has 24 heavy (non-hydrogen) atoms. The average molecular weight is 408 g/mol. The molecule has 5 nitrogen and oxygen atoms in total. The van der Waals surface area contributed by atoms with E-state index in [-0.39, 0.29) is 5.57 Å². The SMILES string of the molecule is COc1c(Cl)cc(/C=C2/C(=O)NN(c3ccccc3)C2=O)cc1Br. The second-order valence-corrected chi connectivity index (χ2v) is 6.25. The third-order valence-electron chi connectivity index (χ3n) is 3.44. The van der Waals surface area contributed by atoms with E-state index in [0.717, 1.165) is 0 Å². The fraction of sp³-hybridized carbons (Fsp3) is 0.0588. The summed E-state index contributed by atoms with van der Waals surface area (Å²) in [7, 11) is 1.51. The summed E-state index contributed by atoms with van der Waals surface area (Å²) in [5.74, 6) is -0.395. The molecule has 2 aromatic carbocycles. The van der Waals surface area contributed by atoms with Crippen molar-refractivity contribution in [2.24, 2.45) is 0 Å². The van der Waals surface area contributed by atoms with E-state index in [1.54, 1.807) is 36.4 Å². The Bertz CT molecular complexity index is 829. The highest BCUT2D eigenvalue weighted by Crippen LogP contribution is 2.35. The van der Waals surface area contributed by atoms with Gasteiger partial charge in [-0.25, -0.2) is 5.01 Å². The van der Waals surface area contributed by atoms with E-state index in [2.05, 4.69) is 21.4 Å². The Morgan fingerprint density at radius 2 is 1.92 bits per heavy atom. The molecule has 1 heterocycles. The topological polar surface area (TPSA) is 58.6 Å². The molecule has 1 aliphatic rings. The van der Waals surface area contributed by atoms with E-state index in [9.17, 15) is 9.59 Å². The van der Waals surface area contributed by atoms with Gasteiger partial charge in [0.2, 0.25) is 0 Å². The van der Waals surface area contributed by atoms with Gasteiger partial charge in [0.05, 0.1) is 22.3 Å². The van der Waals surface area contributed by atoms with E-state index >= 15 is 0 Å². The standard InChI is InChI=1S/C17H12BrClN2O3/c1-24-15-13(18)8-10(9-14(15)19)7-12-16(22)20-21(17(12)23)11-5-3-2-4-6-11/h2-9H,1H3,(H,20,22)/b12-7-. The van der Waals surface area contributed by atoms with E-state index in [4.69, 9.17) is 16.3 Å². The molecule has 1 aliphatic heterocycles. The lowest BCUT2D eigenvalue weighted by Gasteiger charge is -2.13. The molecule has 3 rings (SSSR count). The maximum absolute atomic E-state index is 12.5. The van der Waals surface area contributed by atoms with E-state index in [1.165, 1.54) is 18.2 Å². The lowest BCUT2D eigenvalue weighted by Crippen LogP contribution is -2.35. The first-order valence-electron chi connectivity index (χ1n) is 6.96. The monoisotopic (exact) mass is 406 g/mol. The van der Waals surface area contributed by atoms with Gasteiger partial charge in [-0.2, -0.15) is 0 Å². The number of para-hydroxylation sites is 1. The molecule has 0 bridgehead atoms. The van der Waals surface area contributed by atoms with Gasteiger partial charge in [0.25, 0.3) is 11.8 Å². The zero-order valence-electron chi connectivity index (χ0n) is 12.5. The summed E-state index contributed by atoms with van der Waals surface area (Å²) in [4.78, 5) is 24.7. The Kier molecular flexibility index (Phi) is 4.59. The number of hydrogen-bond donors (Lipinski definition) is 1. The largest absolute Gasteiger partial charge is 0.494 e. The quantitative estimate of drug-likeness (QED) is 0.625. The van der Waals surface area contributed by atoms with Gasteiger partial charge in [0.1, 0.15) is 5.57 Å². The van der Waals surface area contributed by atoms with Crippen LogP contribution in [0.5, 0.6) is 5.75 Å². The second kappa shape index (κ2) is 6.67. The van der Waals surface area contributed by atoms with Gasteiger partial charge >= 0.3 is 0 Å². The van der Waals surface area contributed by atoms with Crippen molar-refractivity contribution in [3.05, 3.63) is 63.1 Å². The molecule has 0 saturated carbocycles. The Morgan fingerprint density at radius 1 is 1.21 bits per heavy atom. The number of amides is 2. The molecule has 2 aromatic rings. The summed E-state index contributed by atoms with van der Waals surface area (Å²) in [6.45, 7) is 0. The average Bonchev–Trinajstić information content (AvgIpc) is 2.84. The summed E-state index contributed by atoms with van der Waals surface area (Å²) in [6.07, 6.45) is 1.50. The number of carbonyl (C=O) groups excluding carboxylic acids is 2. The van der Waals surface area contributed by atoms with Crippen LogP contribution in [0.25, 0.3) is 6.08 Å². The number of rotatable bonds is 3. The Hall–Kier alpha value is -2.31. The van der Waals surface area contributed by atoms with Crippen molar-refractivity contribution in [1.29, 1.82) is 0 Å². The van der Waals surface area contributed by atoms with Crippen molar-refractivity contribution < 1.29 is 14.3 Å². The molecule has 122 valence electrons. The van der Waals surface area contributed by atoms with E-state index < -0.39 is 11.8 Å². The number of nitrogens with zero attached hydrogens (tertiary/aromatic N) is 1. The Morgan fingerprint density at radius 3 is 2.54 bits per heavy atom. The fourth-order valence-electron chi connectivity index (χ4n) is 2.34. The number of halogens is 2. The highest BCUT2D eigenvalue weighted by molar-refractivity contribution is 9.10. The van der Waals surface area contributed by atoms with Crippen LogP contribution in [0.1, 0.15) is 5.56 Å². The maximum atomic E-state index is 12.5. The molecule has 0 aliphatic carbocycles. The lowest BCUT2D eigenvalue weighted by atomic mass is 10.1. The minimum atomic E-state index is -0.466. The first-order chi connectivity index (χ1) is 11.5. The van der Waals surface area contributed by atoms with Crippen LogP contribution in [0.2, 0.25) is 5.02 Å². The molecule has 0 spiro atoms. The fourth-order valence-corrected chi connectivity index (χ4v) is 3.40. The molecule has 7 heteroatoms. The van der Waals surface area contributed by atoms with Crippen LogP contribution in [0.3, 0.4) is 0 Å². The van der Waals surface area contributed by atoms with Gasteiger partial charge < -0.3 is 4.74 Å². The van der Waals surface area contributed by atoms with Crippen molar-refractivity contribution in [3.63, 3.8) is 0 Å². The molecule has 1 fully saturated rings. The number of ether oxygens (including phenoxy) is 1. The number of anilines is 1. The van der Waals surface area contributed by atoms with Gasteiger partial charge in [-0.1, -0.05) is 29.8 Å². The van der Waals surface area contributed by atoms with Crippen LogP contribution >= 0.6 is 27.5 Å². The molecule has 2 amide bonds. The molecular formula is C17H12BrClN2O3. The second-order valence-electron chi connectivity index (χ2n) is 4.99. The minimum Gasteiger partial charge on any atom is -0.494 e. The van der Waals surface area contributed by atoms with E-state index in [1.807, 2.05) is 6.07 Å². The molecule has 0 unspecified atom stereocenters. The van der Waals surface area contributed by atoms with E-state index in [0.29, 0.717) is 26.5 Å². The lowest BCUT2D eigenvalue weighted by molar-refractivity contribution is -0.117. The first-order valence-corrected chi connectivity index (χ1v) is 8.13. The van der Waals surface area contributed by atoms with Gasteiger partial charge in [-0.15, -0.1) is 0 Å². The van der Waals surface area contributed by atoms with Crippen molar-refractivity contribution in [3.8, 4) is 5.75 Å². The molecular weight excluding hydrogens is 396 g/mol. The van der Waals surface area contributed by atoms with Crippen molar-refractivity contribution in [1.82, 2.24) is 5.43 Å². The number of nitrogens with one attached hydrogen (secondary N) is 1. The summed E-state index contributed by atoms with van der Waals surface area (Å²) >= 11 is 9.49. The number of carbonyl (C=O) groups is 2. The number of hydrogen-bond acceptors (Lipinski definition) is 3. The van der Waals surface area contributed by atoms with Gasteiger partial charge in [-0.05, 0) is 51.8 Å². The number of benzene rings is 2. The van der Waals surface area contributed by atoms with Crippen LogP contribution in [-0.4, -0.2) is 18.9 Å². The Labute approximate surface area is 152 Å². The van der Waals surface area contributed by atoms with Gasteiger partial charge in [-0.3, -0.25) is 15.0 Å². The number of methoxy groups -OCH3 is 1. The highest BCUT2D eigenvalue weighted by Gasteiger charge is 2.34. The third-order valence-corrected chi connectivity index (χ3v) is 4.31. The zero-order chi connectivity index (χ0) is 17.3. The molecule has 1 saturated heterocycles. The van der Waals surface area contributed by atoms with Crippen molar-refractivity contribution >= 4 is 51.1 Å². The smallest absolute Gasteiger partial charge is 0.282 e. The molecule has 0 radical (unpaired) electrons. The van der Waals surface area contributed by atoms with Crippen molar-refractivity contribution in [2.45, 2.75) is 0 Å². The summed E-state index contributed by atoms with van der Waals surface area (Å²) < 4.78 is 5.80. The zero-order valence-corrected chi connectivity index (χ0v) is 14.9.